The molecule has 1 heterocycles. The van der Waals surface area contributed by atoms with Gasteiger partial charge in [0.1, 0.15) is 6.61 Å². The molecule has 5 heteroatoms. The monoisotopic (exact) mass is 292 g/mol. The fourth-order valence-electron chi connectivity index (χ4n) is 1.00. The number of nitrogens with one attached hydrogen (secondary N) is 1. The first-order valence-corrected chi connectivity index (χ1v) is 5.94. The summed E-state index contributed by atoms with van der Waals surface area (Å²) in [6.07, 6.45) is 1.57. The number of ether oxygens (including phenoxy) is 1. The number of aromatic nitrogens is 1. The van der Waals surface area contributed by atoms with E-state index in [1.165, 1.54) is 0 Å². The van der Waals surface area contributed by atoms with Crippen LogP contribution in [-0.2, 0) is 0 Å². The number of hydrogen-bond acceptors (Lipinski definition) is 3. The molecule has 0 amide bonds. The predicted octanol–water partition coefficient (Wildman–Crippen LogP) is 2.87. The standard InChI is InChI=1S/C10H14BrClN2O/c1-7(2)13-3-4-15-10-9(11)5-8(12)6-14-10/h5-7,13H,3-4H2,1-2H3. The van der Waals surface area contributed by atoms with Crippen LogP contribution in [-0.4, -0.2) is 24.2 Å². The number of rotatable bonds is 5. The molecule has 0 saturated heterocycles. The van der Waals surface area contributed by atoms with Gasteiger partial charge in [-0.3, -0.25) is 0 Å². The molecule has 3 nitrogen and oxygen atoms in total. The molecule has 1 rings (SSSR count). The van der Waals surface area contributed by atoms with Gasteiger partial charge in [-0.15, -0.1) is 0 Å². The number of halogens is 2. The first kappa shape index (κ1) is 12.7. The second-order valence-electron chi connectivity index (χ2n) is 3.40. The van der Waals surface area contributed by atoms with Crippen LogP contribution in [0, 0.1) is 0 Å². The molecule has 0 aliphatic heterocycles. The first-order chi connectivity index (χ1) is 7.09. The zero-order valence-corrected chi connectivity index (χ0v) is 11.1. The van der Waals surface area contributed by atoms with Crippen LogP contribution in [0.15, 0.2) is 16.7 Å². The molecule has 15 heavy (non-hydrogen) atoms. The van der Waals surface area contributed by atoms with Gasteiger partial charge < -0.3 is 10.1 Å². The molecule has 0 aliphatic carbocycles. The van der Waals surface area contributed by atoms with Gasteiger partial charge in [0.15, 0.2) is 0 Å². The average molecular weight is 294 g/mol. The lowest BCUT2D eigenvalue weighted by Gasteiger charge is -2.09. The third kappa shape index (κ3) is 4.82. The van der Waals surface area contributed by atoms with Gasteiger partial charge in [-0.2, -0.15) is 0 Å². The average Bonchev–Trinajstić information content (AvgIpc) is 2.14. The van der Waals surface area contributed by atoms with Crippen molar-refractivity contribution in [1.29, 1.82) is 0 Å². The van der Waals surface area contributed by atoms with Gasteiger partial charge in [0.2, 0.25) is 5.88 Å². The van der Waals surface area contributed by atoms with Gasteiger partial charge in [0.05, 0.1) is 9.50 Å². The predicted molar refractivity (Wildman–Crippen MR) is 65.6 cm³/mol. The zero-order chi connectivity index (χ0) is 11.3. The quantitative estimate of drug-likeness (QED) is 0.848. The number of hydrogen-bond donors (Lipinski definition) is 1. The van der Waals surface area contributed by atoms with E-state index in [0.29, 0.717) is 23.6 Å². The van der Waals surface area contributed by atoms with Crippen molar-refractivity contribution >= 4 is 27.5 Å². The summed E-state index contributed by atoms with van der Waals surface area (Å²) in [4.78, 5) is 4.07. The molecule has 1 N–H and O–H groups in total. The van der Waals surface area contributed by atoms with Crippen molar-refractivity contribution in [3.63, 3.8) is 0 Å². The molecule has 1 aromatic heterocycles. The van der Waals surface area contributed by atoms with E-state index < -0.39 is 0 Å². The molecular weight excluding hydrogens is 279 g/mol. The Balaban J connectivity index is 2.37. The molecule has 0 unspecified atom stereocenters. The molecule has 0 aliphatic rings. The van der Waals surface area contributed by atoms with Gasteiger partial charge in [-0.25, -0.2) is 4.98 Å². The topological polar surface area (TPSA) is 34.1 Å². The second-order valence-corrected chi connectivity index (χ2v) is 4.69. The van der Waals surface area contributed by atoms with Gasteiger partial charge in [0.25, 0.3) is 0 Å². The van der Waals surface area contributed by atoms with Crippen molar-refractivity contribution in [2.75, 3.05) is 13.2 Å². The Bertz CT molecular complexity index is 320. The maximum Gasteiger partial charge on any atom is 0.228 e. The maximum atomic E-state index is 5.76. The Morgan fingerprint density at radius 3 is 2.93 bits per heavy atom. The molecule has 0 atom stereocenters. The van der Waals surface area contributed by atoms with E-state index in [4.69, 9.17) is 16.3 Å². The van der Waals surface area contributed by atoms with Crippen molar-refractivity contribution in [3.05, 3.63) is 21.8 Å². The lowest BCUT2D eigenvalue weighted by molar-refractivity contribution is 0.296. The Morgan fingerprint density at radius 2 is 2.33 bits per heavy atom. The fourth-order valence-corrected chi connectivity index (χ4v) is 1.76. The highest BCUT2D eigenvalue weighted by Crippen LogP contribution is 2.24. The summed E-state index contributed by atoms with van der Waals surface area (Å²) in [7, 11) is 0. The lowest BCUT2D eigenvalue weighted by atomic mass is 10.4. The summed E-state index contributed by atoms with van der Waals surface area (Å²) >= 11 is 9.10. The van der Waals surface area contributed by atoms with Crippen molar-refractivity contribution in [2.45, 2.75) is 19.9 Å². The van der Waals surface area contributed by atoms with Gasteiger partial charge >= 0.3 is 0 Å². The summed E-state index contributed by atoms with van der Waals surface area (Å²) in [5, 5.41) is 3.84. The van der Waals surface area contributed by atoms with Crippen LogP contribution in [0.5, 0.6) is 5.88 Å². The summed E-state index contributed by atoms with van der Waals surface area (Å²) in [6.45, 7) is 5.58. The second kappa shape index (κ2) is 6.30. The van der Waals surface area contributed by atoms with E-state index in [-0.39, 0.29) is 0 Å². The normalized spacial score (nSPS) is 10.7. The van der Waals surface area contributed by atoms with Crippen molar-refractivity contribution < 1.29 is 4.74 Å². The summed E-state index contributed by atoms with van der Waals surface area (Å²) in [5.74, 6) is 0.574. The van der Waals surface area contributed by atoms with Crippen molar-refractivity contribution in [2.24, 2.45) is 0 Å². The van der Waals surface area contributed by atoms with Crippen LogP contribution in [0.4, 0.5) is 0 Å². The summed E-state index contributed by atoms with van der Waals surface area (Å²) in [6, 6.07) is 2.23. The Kier molecular flexibility index (Phi) is 5.36. The zero-order valence-electron chi connectivity index (χ0n) is 8.76. The van der Waals surface area contributed by atoms with Crippen molar-refractivity contribution in [1.82, 2.24) is 10.3 Å². The molecule has 0 fully saturated rings. The van der Waals surface area contributed by atoms with Gasteiger partial charge in [-0.05, 0) is 22.0 Å². The largest absolute Gasteiger partial charge is 0.476 e. The highest BCUT2D eigenvalue weighted by Gasteiger charge is 2.03. The molecule has 0 aromatic carbocycles. The van der Waals surface area contributed by atoms with Gasteiger partial charge in [-0.1, -0.05) is 25.4 Å². The fraction of sp³-hybridized carbons (Fsp3) is 0.500. The number of nitrogens with zero attached hydrogens (tertiary/aromatic N) is 1. The highest BCUT2D eigenvalue weighted by molar-refractivity contribution is 9.10. The third-order valence-corrected chi connectivity index (χ3v) is 2.44. The van der Waals surface area contributed by atoms with E-state index in [1.54, 1.807) is 12.3 Å². The van der Waals surface area contributed by atoms with Gasteiger partial charge in [0, 0.05) is 18.8 Å². The van der Waals surface area contributed by atoms with Crippen LogP contribution >= 0.6 is 27.5 Å². The Morgan fingerprint density at radius 1 is 1.60 bits per heavy atom. The van der Waals surface area contributed by atoms with Crippen molar-refractivity contribution in [3.8, 4) is 5.88 Å². The van der Waals surface area contributed by atoms with Crippen LogP contribution in [0.25, 0.3) is 0 Å². The van der Waals surface area contributed by atoms with E-state index >= 15 is 0 Å². The van der Waals surface area contributed by atoms with E-state index in [2.05, 4.69) is 40.1 Å². The van der Waals surface area contributed by atoms with Crippen LogP contribution in [0.2, 0.25) is 5.02 Å². The molecule has 0 spiro atoms. The van der Waals surface area contributed by atoms with Crippen LogP contribution in [0.1, 0.15) is 13.8 Å². The first-order valence-electron chi connectivity index (χ1n) is 4.77. The molecule has 0 saturated carbocycles. The Hall–Kier alpha value is -0.320. The molecule has 84 valence electrons. The molecule has 0 bridgehead atoms. The smallest absolute Gasteiger partial charge is 0.228 e. The molecule has 1 aromatic rings. The maximum absolute atomic E-state index is 5.76. The molecular formula is C10H14BrClN2O. The van der Waals surface area contributed by atoms with E-state index in [1.807, 2.05) is 0 Å². The third-order valence-electron chi connectivity index (χ3n) is 1.67. The Labute approximate surface area is 103 Å². The summed E-state index contributed by atoms with van der Waals surface area (Å²) < 4.78 is 6.24. The molecule has 0 radical (unpaired) electrons. The minimum absolute atomic E-state index is 0.468. The number of pyridine rings is 1. The SMILES string of the molecule is CC(C)NCCOc1ncc(Cl)cc1Br. The highest BCUT2D eigenvalue weighted by atomic mass is 79.9. The minimum Gasteiger partial charge on any atom is -0.476 e. The lowest BCUT2D eigenvalue weighted by Crippen LogP contribution is -2.27. The van der Waals surface area contributed by atoms with E-state index in [9.17, 15) is 0 Å². The van der Waals surface area contributed by atoms with E-state index in [0.717, 1.165) is 11.0 Å². The van der Waals surface area contributed by atoms with Crippen LogP contribution in [0.3, 0.4) is 0 Å². The van der Waals surface area contributed by atoms with Crippen LogP contribution < -0.4 is 10.1 Å². The summed E-state index contributed by atoms with van der Waals surface area (Å²) in [5.41, 5.74) is 0. The minimum atomic E-state index is 0.468.